The van der Waals surface area contributed by atoms with Gasteiger partial charge in [0.25, 0.3) is 0 Å². The van der Waals surface area contributed by atoms with Crippen LogP contribution in [0.15, 0.2) is 30.3 Å². The van der Waals surface area contributed by atoms with E-state index < -0.39 is 5.72 Å². The average Bonchev–Trinajstić information content (AvgIpc) is 2.36. The normalized spacial score (nSPS) is 11.3. The molecule has 1 aromatic carbocycles. The van der Waals surface area contributed by atoms with Crippen LogP contribution in [0.4, 0.5) is 5.69 Å². The van der Waals surface area contributed by atoms with Gasteiger partial charge in [0.15, 0.2) is 0 Å². The maximum atomic E-state index is 11.9. The van der Waals surface area contributed by atoms with Gasteiger partial charge in [0, 0.05) is 19.7 Å². The number of anilines is 1. The highest BCUT2D eigenvalue weighted by Crippen LogP contribution is 2.30. The van der Waals surface area contributed by atoms with Crippen molar-refractivity contribution >= 4 is 11.6 Å². The number of carbonyl (C=O) groups excluding carboxylic acids is 1. The number of carbonyl (C=O) groups is 1. The standard InChI is InChI=1S/C14H21NO2/c1-5-14(6-2,17-4)15(12(3)16)13-10-8-7-9-11-13/h7-11H,5-6H2,1-4H3. The number of methoxy groups -OCH3 is 1. The number of ether oxygens (including phenoxy) is 1. The Morgan fingerprint density at radius 1 is 1.24 bits per heavy atom. The van der Waals surface area contributed by atoms with Gasteiger partial charge >= 0.3 is 0 Å². The molecule has 0 aliphatic rings. The van der Waals surface area contributed by atoms with Crippen LogP contribution >= 0.6 is 0 Å². The molecule has 0 heterocycles. The molecule has 0 spiro atoms. The van der Waals surface area contributed by atoms with Crippen LogP contribution < -0.4 is 4.90 Å². The van der Waals surface area contributed by atoms with Crippen LogP contribution in [0.2, 0.25) is 0 Å². The van der Waals surface area contributed by atoms with Crippen LogP contribution in [0.25, 0.3) is 0 Å². The number of hydrogen-bond acceptors (Lipinski definition) is 2. The first-order chi connectivity index (χ1) is 8.11. The SMILES string of the molecule is CCC(CC)(OC)N(C(C)=O)c1ccccc1. The predicted molar refractivity (Wildman–Crippen MR) is 69.9 cm³/mol. The van der Waals surface area contributed by atoms with Gasteiger partial charge in [0.2, 0.25) is 5.91 Å². The molecule has 0 fully saturated rings. The largest absolute Gasteiger partial charge is 0.358 e. The van der Waals surface area contributed by atoms with Crippen LogP contribution in [0, 0.1) is 0 Å². The summed E-state index contributed by atoms with van der Waals surface area (Å²) in [6.45, 7) is 5.64. The van der Waals surface area contributed by atoms with Crippen LogP contribution in [0.5, 0.6) is 0 Å². The van der Waals surface area contributed by atoms with Crippen molar-refractivity contribution in [1.29, 1.82) is 0 Å². The van der Waals surface area contributed by atoms with Gasteiger partial charge in [-0.3, -0.25) is 9.69 Å². The second kappa shape index (κ2) is 5.82. The summed E-state index contributed by atoms with van der Waals surface area (Å²) in [5.41, 5.74) is 0.332. The van der Waals surface area contributed by atoms with Gasteiger partial charge < -0.3 is 4.74 Å². The number of benzene rings is 1. The molecule has 0 unspecified atom stereocenters. The van der Waals surface area contributed by atoms with Crippen LogP contribution in [0.1, 0.15) is 33.6 Å². The fraction of sp³-hybridized carbons (Fsp3) is 0.500. The smallest absolute Gasteiger partial charge is 0.226 e. The average molecular weight is 235 g/mol. The second-order valence-electron chi connectivity index (χ2n) is 4.05. The zero-order chi connectivity index (χ0) is 12.9. The summed E-state index contributed by atoms with van der Waals surface area (Å²) in [6.07, 6.45) is 1.52. The van der Waals surface area contributed by atoms with Crippen LogP contribution in [-0.2, 0) is 9.53 Å². The molecule has 0 radical (unpaired) electrons. The van der Waals surface area contributed by atoms with Crippen molar-refractivity contribution in [3.8, 4) is 0 Å². The summed E-state index contributed by atoms with van der Waals surface area (Å²) < 4.78 is 5.62. The van der Waals surface area contributed by atoms with Crippen LogP contribution in [-0.4, -0.2) is 18.7 Å². The fourth-order valence-corrected chi connectivity index (χ4v) is 2.23. The topological polar surface area (TPSA) is 29.5 Å². The molecule has 1 amide bonds. The van der Waals surface area contributed by atoms with E-state index in [4.69, 9.17) is 4.74 Å². The predicted octanol–water partition coefficient (Wildman–Crippen LogP) is 3.20. The molecule has 0 aromatic heterocycles. The van der Waals surface area contributed by atoms with Crippen molar-refractivity contribution in [3.63, 3.8) is 0 Å². The quantitative estimate of drug-likeness (QED) is 0.733. The van der Waals surface area contributed by atoms with Crippen molar-refractivity contribution in [2.24, 2.45) is 0 Å². The lowest BCUT2D eigenvalue weighted by atomic mass is 10.0. The van der Waals surface area contributed by atoms with E-state index in [2.05, 4.69) is 0 Å². The van der Waals surface area contributed by atoms with E-state index in [1.807, 2.05) is 44.2 Å². The molecule has 1 aromatic rings. The van der Waals surface area contributed by atoms with E-state index in [1.165, 1.54) is 0 Å². The van der Waals surface area contributed by atoms with Gasteiger partial charge in [-0.1, -0.05) is 32.0 Å². The molecule has 0 atom stereocenters. The molecular weight excluding hydrogens is 214 g/mol. The van der Waals surface area contributed by atoms with Gasteiger partial charge in [-0.15, -0.1) is 0 Å². The summed E-state index contributed by atoms with van der Waals surface area (Å²) >= 11 is 0. The molecule has 3 nitrogen and oxygen atoms in total. The lowest BCUT2D eigenvalue weighted by Gasteiger charge is -2.41. The van der Waals surface area contributed by atoms with Crippen LogP contribution in [0.3, 0.4) is 0 Å². The van der Waals surface area contributed by atoms with Crippen molar-refractivity contribution in [1.82, 2.24) is 0 Å². The Labute approximate surface area is 103 Å². The Hall–Kier alpha value is -1.35. The first-order valence-electron chi connectivity index (χ1n) is 6.02. The van der Waals surface area contributed by atoms with E-state index in [-0.39, 0.29) is 5.91 Å². The summed E-state index contributed by atoms with van der Waals surface area (Å²) in [5, 5.41) is 0. The van der Waals surface area contributed by atoms with Crippen molar-refractivity contribution < 1.29 is 9.53 Å². The minimum atomic E-state index is -0.548. The molecule has 0 bridgehead atoms. The molecule has 0 saturated carbocycles. The third-order valence-electron chi connectivity index (χ3n) is 3.22. The molecule has 0 saturated heterocycles. The lowest BCUT2D eigenvalue weighted by molar-refractivity contribution is -0.123. The third-order valence-corrected chi connectivity index (χ3v) is 3.22. The van der Waals surface area contributed by atoms with Crippen molar-refractivity contribution in [3.05, 3.63) is 30.3 Å². The van der Waals surface area contributed by atoms with Crippen molar-refractivity contribution in [2.45, 2.75) is 39.3 Å². The molecule has 17 heavy (non-hydrogen) atoms. The molecule has 0 aliphatic carbocycles. The zero-order valence-corrected chi connectivity index (χ0v) is 11.1. The van der Waals surface area contributed by atoms with E-state index in [1.54, 1.807) is 18.9 Å². The number of amides is 1. The highest BCUT2D eigenvalue weighted by Gasteiger charge is 2.36. The number of nitrogens with zero attached hydrogens (tertiary/aromatic N) is 1. The minimum Gasteiger partial charge on any atom is -0.358 e. The van der Waals surface area contributed by atoms with E-state index in [0.717, 1.165) is 18.5 Å². The monoisotopic (exact) mass is 235 g/mol. The number of para-hydroxylation sites is 1. The molecule has 3 heteroatoms. The van der Waals surface area contributed by atoms with E-state index in [9.17, 15) is 4.79 Å². The third kappa shape index (κ3) is 2.67. The number of hydrogen-bond donors (Lipinski definition) is 0. The Balaban J connectivity index is 3.21. The highest BCUT2D eigenvalue weighted by molar-refractivity contribution is 5.92. The molecule has 94 valence electrons. The van der Waals surface area contributed by atoms with Gasteiger partial charge in [0.1, 0.15) is 5.72 Å². The Bertz CT molecular complexity index is 349. The minimum absolute atomic E-state index is 0.00162. The van der Waals surface area contributed by atoms with E-state index >= 15 is 0 Å². The lowest BCUT2D eigenvalue weighted by Crippen LogP contribution is -2.52. The van der Waals surface area contributed by atoms with Gasteiger partial charge in [-0.05, 0) is 25.0 Å². The maximum absolute atomic E-state index is 11.9. The van der Waals surface area contributed by atoms with Gasteiger partial charge in [-0.25, -0.2) is 0 Å². The Kier molecular flexibility index (Phi) is 4.70. The first kappa shape index (κ1) is 13.7. The molecule has 0 aliphatic heterocycles. The Morgan fingerprint density at radius 2 is 1.76 bits per heavy atom. The molecule has 1 rings (SSSR count). The Morgan fingerprint density at radius 3 is 2.12 bits per heavy atom. The summed E-state index contributed by atoms with van der Waals surface area (Å²) in [5.74, 6) is 0.00162. The summed E-state index contributed by atoms with van der Waals surface area (Å²) in [4.78, 5) is 13.7. The first-order valence-corrected chi connectivity index (χ1v) is 6.02. The van der Waals surface area contributed by atoms with Crippen molar-refractivity contribution in [2.75, 3.05) is 12.0 Å². The zero-order valence-electron chi connectivity index (χ0n) is 11.1. The molecular formula is C14H21NO2. The molecule has 0 N–H and O–H groups in total. The summed E-state index contributed by atoms with van der Waals surface area (Å²) in [7, 11) is 1.66. The van der Waals surface area contributed by atoms with Gasteiger partial charge in [-0.2, -0.15) is 0 Å². The van der Waals surface area contributed by atoms with E-state index in [0.29, 0.717) is 0 Å². The summed E-state index contributed by atoms with van der Waals surface area (Å²) in [6, 6.07) is 9.66. The van der Waals surface area contributed by atoms with Gasteiger partial charge in [0.05, 0.1) is 0 Å². The second-order valence-corrected chi connectivity index (χ2v) is 4.05. The maximum Gasteiger partial charge on any atom is 0.226 e. The fourth-order valence-electron chi connectivity index (χ4n) is 2.23. The highest BCUT2D eigenvalue weighted by atomic mass is 16.5. The number of rotatable bonds is 5.